The molecule has 0 radical (unpaired) electrons. The van der Waals surface area contributed by atoms with Crippen LogP contribution in [0.3, 0.4) is 0 Å². The lowest BCUT2D eigenvalue weighted by atomic mass is 10.2. The highest BCUT2D eigenvalue weighted by Crippen LogP contribution is 2.21. The van der Waals surface area contributed by atoms with Crippen LogP contribution < -0.4 is 11.1 Å². The van der Waals surface area contributed by atoms with Crippen LogP contribution in [-0.4, -0.2) is 10.9 Å². The number of nitrogens with one attached hydrogen (secondary N) is 1. The molecule has 1 amide bonds. The van der Waals surface area contributed by atoms with E-state index < -0.39 is 17.5 Å². The minimum absolute atomic E-state index is 0.176. The van der Waals surface area contributed by atoms with Gasteiger partial charge in [0, 0.05) is 11.4 Å². The predicted octanol–water partition coefficient (Wildman–Crippen LogP) is 2.56. The number of anilines is 2. The molecular weight excluding hydrogens is 260 g/mol. The Bertz CT molecular complexity index is 612. The van der Waals surface area contributed by atoms with E-state index >= 15 is 0 Å². The first-order chi connectivity index (χ1) is 8.47. The van der Waals surface area contributed by atoms with Crippen LogP contribution in [0.25, 0.3) is 0 Å². The Hall–Kier alpha value is -2.02. The monoisotopic (exact) mass is 269 g/mol. The molecule has 0 atom stereocenters. The van der Waals surface area contributed by atoms with Crippen LogP contribution in [-0.2, 0) is 0 Å². The van der Waals surface area contributed by atoms with Gasteiger partial charge in [-0.2, -0.15) is 0 Å². The van der Waals surface area contributed by atoms with Crippen molar-refractivity contribution in [1.29, 1.82) is 0 Å². The van der Waals surface area contributed by atoms with Gasteiger partial charge < -0.3 is 11.1 Å². The van der Waals surface area contributed by atoms with Gasteiger partial charge in [0.15, 0.2) is 0 Å². The lowest BCUT2D eigenvalue weighted by Crippen LogP contribution is -2.14. The Kier molecular flexibility index (Phi) is 3.24. The number of nitrogens with two attached hydrogens (primary N) is 1. The highest BCUT2D eigenvalue weighted by Gasteiger charge is 2.14. The van der Waals surface area contributed by atoms with Gasteiger partial charge in [-0.3, -0.25) is 4.79 Å². The molecule has 2 rings (SSSR count). The van der Waals surface area contributed by atoms with E-state index in [1.165, 1.54) is 11.3 Å². The normalized spacial score (nSPS) is 10.4. The molecule has 0 bridgehead atoms. The number of aromatic nitrogens is 1. The zero-order valence-corrected chi connectivity index (χ0v) is 10.1. The van der Waals surface area contributed by atoms with Crippen LogP contribution >= 0.6 is 11.3 Å². The van der Waals surface area contributed by atoms with Gasteiger partial charge in [-0.05, 0) is 13.0 Å². The number of benzene rings is 1. The molecule has 18 heavy (non-hydrogen) atoms. The van der Waals surface area contributed by atoms with Gasteiger partial charge >= 0.3 is 0 Å². The summed E-state index contributed by atoms with van der Waals surface area (Å²) < 4.78 is 26.3. The Balaban J connectivity index is 2.24. The number of amides is 1. The quantitative estimate of drug-likeness (QED) is 0.823. The molecule has 1 heterocycles. The van der Waals surface area contributed by atoms with E-state index in [-0.39, 0.29) is 17.1 Å². The Morgan fingerprint density at radius 1 is 1.39 bits per heavy atom. The summed E-state index contributed by atoms with van der Waals surface area (Å²) in [7, 11) is 0. The molecule has 0 spiro atoms. The van der Waals surface area contributed by atoms with Gasteiger partial charge in [0.1, 0.15) is 17.3 Å². The molecule has 0 aliphatic carbocycles. The summed E-state index contributed by atoms with van der Waals surface area (Å²) in [5, 5.41) is 4.56. The molecular formula is C11H9F2N3OS. The summed E-state index contributed by atoms with van der Waals surface area (Å²) in [6.07, 6.45) is 0. The summed E-state index contributed by atoms with van der Waals surface area (Å²) in [5.41, 5.74) is 5.07. The van der Waals surface area contributed by atoms with E-state index in [1.807, 2.05) is 0 Å². The molecule has 7 heteroatoms. The SMILES string of the molecule is Cc1nc(C(=O)Nc2cc(N)c(F)cc2F)cs1. The van der Waals surface area contributed by atoms with Crippen molar-refractivity contribution >= 4 is 28.6 Å². The van der Waals surface area contributed by atoms with Gasteiger partial charge in [0.25, 0.3) is 5.91 Å². The summed E-state index contributed by atoms with van der Waals surface area (Å²) in [6.45, 7) is 1.75. The zero-order valence-electron chi connectivity index (χ0n) is 9.33. The van der Waals surface area contributed by atoms with E-state index in [0.717, 1.165) is 11.1 Å². The summed E-state index contributed by atoms with van der Waals surface area (Å²) in [4.78, 5) is 15.7. The van der Waals surface area contributed by atoms with Gasteiger partial charge in [-0.15, -0.1) is 11.3 Å². The van der Waals surface area contributed by atoms with Crippen molar-refractivity contribution in [3.8, 4) is 0 Å². The van der Waals surface area contributed by atoms with Crippen LogP contribution in [0, 0.1) is 18.6 Å². The fraction of sp³-hybridized carbons (Fsp3) is 0.0909. The number of carbonyl (C=O) groups is 1. The zero-order chi connectivity index (χ0) is 13.3. The van der Waals surface area contributed by atoms with Gasteiger partial charge in [0.05, 0.1) is 16.4 Å². The third-order valence-electron chi connectivity index (χ3n) is 2.19. The standard InChI is InChI=1S/C11H9F2N3OS/c1-5-15-10(4-18-5)11(17)16-9-3-8(14)6(12)2-7(9)13/h2-4H,14H2,1H3,(H,16,17). The molecule has 0 unspecified atom stereocenters. The van der Waals surface area contributed by atoms with Crippen molar-refractivity contribution < 1.29 is 13.6 Å². The Morgan fingerprint density at radius 3 is 2.72 bits per heavy atom. The second-order valence-corrected chi connectivity index (χ2v) is 4.62. The number of rotatable bonds is 2. The van der Waals surface area contributed by atoms with Gasteiger partial charge in [0.2, 0.25) is 0 Å². The number of thiazole rings is 1. The Morgan fingerprint density at radius 2 is 2.11 bits per heavy atom. The molecule has 0 aliphatic heterocycles. The minimum Gasteiger partial charge on any atom is -0.396 e. The maximum Gasteiger partial charge on any atom is 0.275 e. The van der Waals surface area contributed by atoms with Crippen molar-refractivity contribution in [2.75, 3.05) is 11.1 Å². The minimum atomic E-state index is -0.887. The first-order valence-corrected chi connectivity index (χ1v) is 5.83. The Labute approximate surface area is 105 Å². The number of nitrogens with zero attached hydrogens (tertiary/aromatic N) is 1. The van der Waals surface area contributed by atoms with Crippen LogP contribution in [0.4, 0.5) is 20.2 Å². The van der Waals surface area contributed by atoms with Crippen LogP contribution in [0.15, 0.2) is 17.5 Å². The number of hydrogen-bond acceptors (Lipinski definition) is 4. The maximum atomic E-state index is 13.4. The van der Waals surface area contributed by atoms with Gasteiger partial charge in [-0.1, -0.05) is 0 Å². The molecule has 0 saturated heterocycles. The molecule has 4 nitrogen and oxygen atoms in total. The molecule has 1 aromatic heterocycles. The molecule has 0 saturated carbocycles. The first kappa shape index (κ1) is 12.4. The fourth-order valence-corrected chi connectivity index (χ4v) is 1.91. The highest BCUT2D eigenvalue weighted by atomic mass is 32.1. The van der Waals surface area contributed by atoms with Crippen molar-refractivity contribution in [2.24, 2.45) is 0 Å². The number of halogens is 2. The summed E-state index contributed by atoms with van der Waals surface area (Å²) >= 11 is 1.30. The largest absolute Gasteiger partial charge is 0.396 e. The highest BCUT2D eigenvalue weighted by molar-refractivity contribution is 7.09. The topological polar surface area (TPSA) is 68.0 Å². The van der Waals surface area contributed by atoms with E-state index in [4.69, 9.17) is 5.73 Å². The average Bonchev–Trinajstić information content (AvgIpc) is 2.73. The maximum absolute atomic E-state index is 13.4. The van der Waals surface area contributed by atoms with Crippen molar-refractivity contribution in [3.05, 3.63) is 39.8 Å². The molecule has 2 aromatic rings. The average molecular weight is 269 g/mol. The van der Waals surface area contributed by atoms with Crippen molar-refractivity contribution in [3.63, 3.8) is 0 Å². The number of hydrogen-bond donors (Lipinski definition) is 2. The van der Waals surface area contributed by atoms with Crippen molar-refractivity contribution in [2.45, 2.75) is 6.92 Å². The van der Waals surface area contributed by atoms with E-state index in [1.54, 1.807) is 12.3 Å². The van der Waals surface area contributed by atoms with Crippen LogP contribution in [0.5, 0.6) is 0 Å². The molecule has 3 N–H and O–H groups in total. The molecule has 94 valence electrons. The lowest BCUT2D eigenvalue weighted by Gasteiger charge is -2.06. The second-order valence-electron chi connectivity index (χ2n) is 3.56. The number of aryl methyl sites for hydroxylation is 1. The van der Waals surface area contributed by atoms with E-state index in [0.29, 0.717) is 6.07 Å². The lowest BCUT2D eigenvalue weighted by molar-refractivity contribution is 0.102. The summed E-state index contributed by atoms with van der Waals surface area (Å²) in [6, 6.07) is 1.65. The third-order valence-corrected chi connectivity index (χ3v) is 2.96. The molecule has 0 fully saturated rings. The third kappa shape index (κ3) is 2.45. The predicted molar refractivity (Wildman–Crippen MR) is 65.6 cm³/mol. The van der Waals surface area contributed by atoms with Crippen LogP contribution in [0.1, 0.15) is 15.5 Å². The van der Waals surface area contributed by atoms with E-state index in [2.05, 4.69) is 10.3 Å². The summed E-state index contributed by atoms with van der Waals surface area (Å²) in [5.74, 6) is -2.32. The van der Waals surface area contributed by atoms with Crippen LogP contribution in [0.2, 0.25) is 0 Å². The first-order valence-electron chi connectivity index (χ1n) is 4.95. The number of carbonyl (C=O) groups excluding carboxylic acids is 1. The van der Waals surface area contributed by atoms with Crippen molar-refractivity contribution in [1.82, 2.24) is 4.98 Å². The van der Waals surface area contributed by atoms with E-state index in [9.17, 15) is 13.6 Å². The molecule has 1 aromatic carbocycles. The fourth-order valence-electron chi connectivity index (χ4n) is 1.32. The molecule has 0 aliphatic rings. The number of nitrogen functional groups attached to an aromatic ring is 1. The second kappa shape index (κ2) is 4.69. The van der Waals surface area contributed by atoms with Gasteiger partial charge in [-0.25, -0.2) is 13.8 Å². The smallest absolute Gasteiger partial charge is 0.275 e.